The normalized spacial score (nSPS) is 7.82. The van der Waals surface area contributed by atoms with Crippen LogP contribution in [0.1, 0.15) is 13.8 Å². The molecule has 0 atom stereocenters. The fraction of sp³-hybridized carbons (Fsp3) is 0.500. The van der Waals surface area contributed by atoms with E-state index in [1.54, 1.807) is 0 Å². The van der Waals surface area contributed by atoms with Gasteiger partial charge in [-0.2, -0.15) is 0 Å². The topological polar surface area (TPSA) is 60.4 Å². The summed E-state index contributed by atoms with van der Waals surface area (Å²) in [5.74, 6) is -1.94. The van der Waals surface area contributed by atoms with Gasteiger partial charge in [-0.3, -0.25) is 9.59 Å². The number of rotatable bonds is 3. The maximum atomic E-state index is 10.3. The summed E-state index contributed by atoms with van der Waals surface area (Å²) in [6, 6.07) is 0. The standard InChI is InChI=1S/C6H8O4.Al.3H/c1-4(7)3-10-6(9)5(2)8;;;;/h3H2,1-2H3;;;;. The van der Waals surface area contributed by atoms with E-state index in [2.05, 4.69) is 4.74 Å². The molecule has 0 amide bonds. The zero-order valence-electron chi connectivity index (χ0n) is 5.84. The molecule has 0 aliphatic rings. The molecule has 0 saturated heterocycles. The zero-order chi connectivity index (χ0) is 8.15. The second-order valence-corrected chi connectivity index (χ2v) is 1.83. The van der Waals surface area contributed by atoms with Crippen LogP contribution in [-0.4, -0.2) is 41.5 Å². The second-order valence-electron chi connectivity index (χ2n) is 1.83. The first-order valence-corrected chi connectivity index (χ1v) is 2.71. The molecule has 0 aliphatic carbocycles. The predicted octanol–water partition coefficient (Wildman–Crippen LogP) is -1.48. The van der Waals surface area contributed by atoms with E-state index < -0.39 is 11.8 Å². The van der Waals surface area contributed by atoms with Gasteiger partial charge in [0.2, 0.25) is 5.78 Å². The molecule has 0 radical (unpaired) electrons. The van der Waals surface area contributed by atoms with E-state index in [0.29, 0.717) is 0 Å². The van der Waals surface area contributed by atoms with Crippen molar-refractivity contribution in [3.8, 4) is 0 Å². The van der Waals surface area contributed by atoms with Gasteiger partial charge in [-0.1, -0.05) is 0 Å². The maximum absolute atomic E-state index is 10.3. The van der Waals surface area contributed by atoms with Crippen LogP contribution < -0.4 is 0 Å². The van der Waals surface area contributed by atoms with Crippen LogP contribution in [0.2, 0.25) is 0 Å². The largest absolute Gasteiger partial charge is 0.452 e. The Hall–Kier alpha value is -0.658. The molecule has 5 heteroatoms. The van der Waals surface area contributed by atoms with Crippen molar-refractivity contribution >= 4 is 34.9 Å². The van der Waals surface area contributed by atoms with Crippen LogP contribution in [0.5, 0.6) is 0 Å². The van der Waals surface area contributed by atoms with Crippen molar-refractivity contribution in [1.29, 1.82) is 0 Å². The molecule has 4 nitrogen and oxygen atoms in total. The summed E-state index contributed by atoms with van der Waals surface area (Å²) < 4.78 is 4.23. The van der Waals surface area contributed by atoms with Crippen molar-refractivity contribution in [3.63, 3.8) is 0 Å². The van der Waals surface area contributed by atoms with Gasteiger partial charge < -0.3 is 4.74 Å². The van der Waals surface area contributed by atoms with E-state index in [-0.39, 0.29) is 29.8 Å². The van der Waals surface area contributed by atoms with E-state index in [9.17, 15) is 14.4 Å². The lowest BCUT2D eigenvalue weighted by molar-refractivity contribution is -0.154. The van der Waals surface area contributed by atoms with E-state index in [0.717, 1.165) is 6.92 Å². The molecular formula is C6H11AlO4. The maximum Gasteiger partial charge on any atom is 0.374 e. The molecule has 0 unspecified atom stereocenters. The van der Waals surface area contributed by atoms with Crippen LogP contribution in [0.25, 0.3) is 0 Å². The van der Waals surface area contributed by atoms with E-state index >= 15 is 0 Å². The molecule has 0 saturated carbocycles. The monoisotopic (exact) mass is 174 g/mol. The van der Waals surface area contributed by atoms with Gasteiger partial charge in [0.1, 0.15) is 6.61 Å². The van der Waals surface area contributed by atoms with Crippen molar-refractivity contribution in [2.45, 2.75) is 13.8 Å². The average Bonchev–Trinajstić information content (AvgIpc) is 1.82. The molecule has 11 heavy (non-hydrogen) atoms. The molecule has 62 valence electrons. The molecule has 0 bridgehead atoms. The number of carbonyl (C=O) groups excluding carboxylic acids is 3. The van der Waals surface area contributed by atoms with Gasteiger partial charge in [-0.25, -0.2) is 4.79 Å². The van der Waals surface area contributed by atoms with E-state index in [1.807, 2.05) is 0 Å². The second kappa shape index (κ2) is 6.08. The third-order valence-corrected chi connectivity index (χ3v) is 0.694. The quantitative estimate of drug-likeness (QED) is 0.297. The number of carbonyl (C=O) groups is 3. The number of Topliss-reactive ketones (excluding diaryl/α,β-unsaturated/α-hetero) is 2. The summed E-state index contributed by atoms with van der Waals surface area (Å²) in [4.78, 5) is 30.7. The minimum absolute atomic E-state index is 0. The first-order valence-electron chi connectivity index (χ1n) is 2.71. The first-order chi connectivity index (χ1) is 4.54. The minimum atomic E-state index is -0.963. The highest BCUT2D eigenvalue weighted by molar-refractivity contribution is 6.32. The Morgan fingerprint density at radius 3 is 1.91 bits per heavy atom. The van der Waals surface area contributed by atoms with Crippen LogP contribution in [0.15, 0.2) is 0 Å². The minimum Gasteiger partial charge on any atom is -0.452 e. The molecule has 0 aromatic carbocycles. The third kappa shape index (κ3) is 7.24. The molecule has 0 spiro atoms. The Labute approximate surface area is 75.0 Å². The van der Waals surface area contributed by atoms with E-state index in [4.69, 9.17) is 0 Å². The molecule has 0 fully saturated rings. The molecule has 0 rings (SSSR count). The van der Waals surface area contributed by atoms with Crippen LogP contribution in [0.4, 0.5) is 0 Å². The van der Waals surface area contributed by atoms with Crippen LogP contribution >= 0.6 is 0 Å². The van der Waals surface area contributed by atoms with E-state index in [1.165, 1.54) is 6.92 Å². The molecule has 0 heterocycles. The molecule has 0 aromatic heterocycles. The molecular weight excluding hydrogens is 163 g/mol. The van der Waals surface area contributed by atoms with Gasteiger partial charge in [0, 0.05) is 6.92 Å². The van der Waals surface area contributed by atoms with Crippen LogP contribution in [0.3, 0.4) is 0 Å². The Kier molecular flexibility index (Phi) is 7.17. The summed E-state index contributed by atoms with van der Waals surface area (Å²) in [5.41, 5.74) is 0. The van der Waals surface area contributed by atoms with Gasteiger partial charge in [0.15, 0.2) is 23.1 Å². The number of hydrogen-bond donors (Lipinski definition) is 0. The Bertz CT molecular complexity index is 175. The van der Waals surface area contributed by atoms with Crippen molar-refractivity contribution in [3.05, 3.63) is 0 Å². The highest BCUT2D eigenvalue weighted by Gasteiger charge is 2.08. The number of ketones is 2. The van der Waals surface area contributed by atoms with Gasteiger partial charge in [0.25, 0.3) is 0 Å². The van der Waals surface area contributed by atoms with Gasteiger partial charge >= 0.3 is 5.97 Å². The average molecular weight is 174 g/mol. The highest BCUT2D eigenvalue weighted by atomic mass is 27.0. The lowest BCUT2D eigenvalue weighted by Gasteiger charge is -1.96. The smallest absolute Gasteiger partial charge is 0.374 e. The molecule has 0 aliphatic heterocycles. The predicted molar refractivity (Wildman–Crippen MR) is 42.3 cm³/mol. The van der Waals surface area contributed by atoms with Gasteiger partial charge in [-0.15, -0.1) is 0 Å². The zero-order valence-corrected chi connectivity index (χ0v) is 5.84. The van der Waals surface area contributed by atoms with Gasteiger partial charge in [0.05, 0.1) is 0 Å². The van der Waals surface area contributed by atoms with Crippen LogP contribution in [0, 0.1) is 0 Å². The van der Waals surface area contributed by atoms with Crippen molar-refractivity contribution in [2.24, 2.45) is 0 Å². The number of esters is 1. The van der Waals surface area contributed by atoms with Crippen molar-refractivity contribution < 1.29 is 19.1 Å². The first kappa shape index (κ1) is 13.0. The summed E-state index contributed by atoms with van der Waals surface area (Å²) in [6.07, 6.45) is 0. The number of ether oxygens (including phenoxy) is 1. The summed E-state index contributed by atoms with van der Waals surface area (Å²) in [5, 5.41) is 0. The van der Waals surface area contributed by atoms with Crippen molar-refractivity contribution in [1.82, 2.24) is 0 Å². The lowest BCUT2D eigenvalue weighted by atomic mass is 10.4. The summed E-state index contributed by atoms with van der Waals surface area (Å²) >= 11 is 0. The van der Waals surface area contributed by atoms with Crippen molar-refractivity contribution in [2.75, 3.05) is 6.61 Å². The fourth-order valence-corrected chi connectivity index (χ4v) is 0.269. The Morgan fingerprint density at radius 1 is 1.18 bits per heavy atom. The van der Waals surface area contributed by atoms with Crippen LogP contribution in [-0.2, 0) is 19.1 Å². The fourth-order valence-electron chi connectivity index (χ4n) is 0.269. The molecule has 0 aromatic rings. The SMILES string of the molecule is CC(=O)COC(=O)C(C)=O.[AlH3]. The summed E-state index contributed by atoms with van der Waals surface area (Å²) in [6.45, 7) is 2.04. The lowest BCUT2D eigenvalue weighted by Crippen LogP contribution is -2.17. The Morgan fingerprint density at radius 2 is 1.64 bits per heavy atom. The Balaban J connectivity index is 0. The third-order valence-electron chi connectivity index (χ3n) is 0.694. The highest BCUT2D eigenvalue weighted by Crippen LogP contribution is 1.80. The van der Waals surface area contributed by atoms with Gasteiger partial charge in [-0.05, 0) is 6.92 Å². The number of hydrogen-bond acceptors (Lipinski definition) is 4. The molecule has 0 N–H and O–H groups in total. The summed E-state index contributed by atoms with van der Waals surface area (Å²) in [7, 11) is 0.